The van der Waals surface area contributed by atoms with Gasteiger partial charge in [-0.05, 0) is 38.1 Å². The lowest BCUT2D eigenvalue weighted by Gasteiger charge is -2.14. The predicted octanol–water partition coefficient (Wildman–Crippen LogP) is 1.60. The van der Waals surface area contributed by atoms with E-state index < -0.39 is 0 Å². The van der Waals surface area contributed by atoms with Gasteiger partial charge in [-0.3, -0.25) is 0 Å². The molecule has 2 aromatic heterocycles. The summed E-state index contributed by atoms with van der Waals surface area (Å²) in [5.74, 6) is 1.71. The highest BCUT2D eigenvalue weighted by Crippen LogP contribution is 2.16. The van der Waals surface area contributed by atoms with E-state index in [4.69, 9.17) is 4.74 Å². The van der Waals surface area contributed by atoms with E-state index in [0.29, 0.717) is 13.2 Å². The van der Waals surface area contributed by atoms with Crippen LogP contribution in [0.1, 0.15) is 51.5 Å². The van der Waals surface area contributed by atoms with Gasteiger partial charge in [0.05, 0.1) is 12.6 Å². The second-order valence-electron chi connectivity index (χ2n) is 4.64. The zero-order chi connectivity index (χ0) is 13.8. The average molecular weight is 264 g/mol. The summed E-state index contributed by atoms with van der Waals surface area (Å²) in [7, 11) is 0. The molecule has 0 spiro atoms. The molecule has 1 atom stereocenters. The topological polar surface area (TPSA) is 70.7 Å². The molecule has 7 heteroatoms. The van der Waals surface area contributed by atoms with Crippen LogP contribution in [0.15, 0.2) is 12.4 Å². The van der Waals surface area contributed by atoms with Gasteiger partial charge in [0.25, 0.3) is 0 Å². The number of tetrazole rings is 1. The first-order valence-electron chi connectivity index (χ1n) is 6.52. The molecular formula is C12H20N6O. The molecule has 0 radical (unpaired) electrons. The number of nitrogens with zero attached hydrogens (tertiary/aromatic N) is 6. The maximum Gasteiger partial charge on any atom is 0.171 e. The monoisotopic (exact) mass is 264 g/mol. The number of ether oxygens (including phenoxy) is 1. The molecule has 0 aliphatic heterocycles. The van der Waals surface area contributed by atoms with E-state index in [9.17, 15) is 0 Å². The van der Waals surface area contributed by atoms with Crippen LogP contribution in [0.3, 0.4) is 0 Å². The summed E-state index contributed by atoms with van der Waals surface area (Å²) in [5.41, 5.74) is 0. The molecule has 0 aliphatic carbocycles. The first-order chi connectivity index (χ1) is 9.13. The number of rotatable bonds is 6. The van der Waals surface area contributed by atoms with Crippen molar-refractivity contribution in [3.05, 3.63) is 24.0 Å². The Labute approximate surface area is 112 Å². The van der Waals surface area contributed by atoms with Crippen LogP contribution in [0.2, 0.25) is 0 Å². The lowest BCUT2D eigenvalue weighted by atomic mass is 10.3. The van der Waals surface area contributed by atoms with Gasteiger partial charge in [-0.25, -0.2) is 9.67 Å². The number of aromatic nitrogens is 6. The fraction of sp³-hybridized carbons (Fsp3) is 0.667. The largest absolute Gasteiger partial charge is 0.371 e. The summed E-state index contributed by atoms with van der Waals surface area (Å²) in [5, 5.41) is 11.8. The quantitative estimate of drug-likeness (QED) is 0.792. The SMILES string of the molecule is CCO[C@@H](C)c1nccn1Cc1nnnn1C(C)C. The van der Waals surface area contributed by atoms with Gasteiger partial charge in [-0.2, -0.15) is 0 Å². The van der Waals surface area contributed by atoms with Gasteiger partial charge in [0, 0.05) is 19.0 Å². The van der Waals surface area contributed by atoms with Crippen molar-refractivity contribution in [1.29, 1.82) is 0 Å². The van der Waals surface area contributed by atoms with Crippen LogP contribution in [-0.2, 0) is 11.3 Å². The van der Waals surface area contributed by atoms with E-state index in [1.807, 2.05) is 29.3 Å². The van der Waals surface area contributed by atoms with Crippen LogP contribution in [-0.4, -0.2) is 36.4 Å². The van der Waals surface area contributed by atoms with Crippen LogP contribution < -0.4 is 0 Å². The number of hydrogen-bond acceptors (Lipinski definition) is 5. The van der Waals surface area contributed by atoms with E-state index >= 15 is 0 Å². The van der Waals surface area contributed by atoms with Crippen molar-refractivity contribution in [2.24, 2.45) is 0 Å². The zero-order valence-electron chi connectivity index (χ0n) is 11.8. The molecule has 104 valence electrons. The standard InChI is InChI=1S/C12H20N6O/c1-5-19-10(4)12-13-6-7-17(12)8-11-14-15-16-18(11)9(2)3/h6-7,9-10H,5,8H2,1-4H3/t10-/m0/s1. The fourth-order valence-electron chi connectivity index (χ4n) is 2.01. The Hall–Kier alpha value is -1.76. The first kappa shape index (κ1) is 13.7. The van der Waals surface area contributed by atoms with E-state index in [1.54, 1.807) is 6.20 Å². The van der Waals surface area contributed by atoms with E-state index in [-0.39, 0.29) is 12.1 Å². The molecule has 7 nitrogen and oxygen atoms in total. The average Bonchev–Trinajstić information content (AvgIpc) is 2.98. The minimum absolute atomic E-state index is 0.0385. The molecule has 0 N–H and O–H groups in total. The Kier molecular flexibility index (Phi) is 4.26. The van der Waals surface area contributed by atoms with Gasteiger partial charge >= 0.3 is 0 Å². The first-order valence-corrected chi connectivity index (χ1v) is 6.52. The van der Waals surface area contributed by atoms with Crippen molar-refractivity contribution in [2.75, 3.05) is 6.61 Å². The van der Waals surface area contributed by atoms with Crippen molar-refractivity contribution in [3.63, 3.8) is 0 Å². The molecular weight excluding hydrogens is 244 g/mol. The molecule has 0 fully saturated rings. The molecule has 2 aromatic rings. The van der Waals surface area contributed by atoms with Gasteiger partial charge in [0.2, 0.25) is 0 Å². The Morgan fingerprint density at radius 1 is 1.32 bits per heavy atom. The third kappa shape index (κ3) is 2.98. The summed E-state index contributed by atoms with van der Waals surface area (Å²) >= 11 is 0. The minimum atomic E-state index is -0.0385. The summed E-state index contributed by atoms with van der Waals surface area (Å²) in [6, 6.07) is 0.237. The molecule has 0 aliphatic rings. The highest BCUT2D eigenvalue weighted by molar-refractivity contribution is 4.99. The van der Waals surface area contributed by atoms with Crippen molar-refractivity contribution in [1.82, 2.24) is 29.8 Å². The lowest BCUT2D eigenvalue weighted by molar-refractivity contribution is 0.0676. The molecule has 0 aromatic carbocycles. The Bertz CT molecular complexity index is 518. The summed E-state index contributed by atoms with van der Waals surface area (Å²) in [6.07, 6.45) is 3.65. The van der Waals surface area contributed by atoms with Gasteiger partial charge < -0.3 is 9.30 Å². The van der Waals surface area contributed by atoms with Crippen LogP contribution >= 0.6 is 0 Å². The summed E-state index contributed by atoms with van der Waals surface area (Å²) < 4.78 is 9.42. The van der Waals surface area contributed by atoms with Gasteiger partial charge in [-0.1, -0.05) is 0 Å². The van der Waals surface area contributed by atoms with Gasteiger partial charge in [0.1, 0.15) is 11.9 Å². The molecule has 2 heterocycles. The highest BCUT2D eigenvalue weighted by Gasteiger charge is 2.15. The van der Waals surface area contributed by atoms with E-state index in [1.165, 1.54) is 0 Å². The highest BCUT2D eigenvalue weighted by atomic mass is 16.5. The van der Waals surface area contributed by atoms with Crippen LogP contribution in [0.4, 0.5) is 0 Å². The van der Waals surface area contributed by atoms with Crippen molar-refractivity contribution >= 4 is 0 Å². The fourth-order valence-corrected chi connectivity index (χ4v) is 2.01. The van der Waals surface area contributed by atoms with Gasteiger partial charge in [0.15, 0.2) is 5.82 Å². The minimum Gasteiger partial charge on any atom is -0.371 e. The normalized spacial score (nSPS) is 13.1. The molecule has 0 saturated heterocycles. The van der Waals surface area contributed by atoms with Gasteiger partial charge in [-0.15, -0.1) is 5.10 Å². The number of hydrogen-bond donors (Lipinski definition) is 0. The van der Waals surface area contributed by atoms with Crippen molar-refractivity contribution < 1.29 is 4.74 Å². The molecule has 0 amide bonds. The maximum absolute atomic E-state index is 5.58. The third-order valence-electron chi connectivity index (χ3n) is 2.89. The van der Waals surface area contributed by atoms with Crippen molar-refractivity contribution in [3.8, 4) is 0 Å². The van der Waals surface area contributed by atoms with Crippen LogP contribution in [0.25, 0.3) is 0 Å². The smallest absolute Gasteiger partial charge is 0.171 e. The third-order valence-corrected chi connectivity index (χ3v) is 2.89. The van der Waals surface area contributed by atoms with E-state index in [2.05, 4.69) is 34.4 Å². The van der Waals surface area contributed by atoms with Crippen LogP contribution in [0, 0.1) is 0 Å². The molecule has 0 bridgehead atoms. The maximum atomic E-state index is 5.58. The lowest BCUT2D eigenvalue weighted by Crippen LogP contribution is -2.15. The number of imidazole rings is 1. The zero-order valence-corrected chi connectivity index (χ0v) is 11.8. The van der Waals surface area contributed by atoms with Crippen LogP contribution in [0.5, 0.6) is 0 Å². The molecule has 0 unspecified atom stereocenters. The Balaban J connectivity index is 2.19. The van der Waals surface area contributed by atoms with E-state index in [0.717, 1.165) is 11.6 Å². The molecule has 2 rings (SSSR count). The molecule has 0 saturated carbocycles. The Morgan fingerprint density at radius 2 is 2.11 bits per heavy atom. The Morgan fingerprint density at radius 3 is 2.79 bits per heavy atom. The predicted molar refractivity (Wildman–Crippen MR) is 69.6 cm³/mol. The summed E-state index contributed by atoms with van der Waals surface area (Å²) in [6.45, 7) is 9.33. The molecule has 19 heavy (non-hydrogen) atoms. The summed E-state index contributed by atoms with van der Waals surface area (Å²) in [4.78, 5) is 4.35. The second-order valence-corrected chi connectivity index (χ2v) is 4.64. The second kappa shape index (κ2) is 5.92. The van der Waals surface area contributed by atoms with Crippen molar-refractivity contribution in [2.45, 2.75) is 46.4 Å².